The topological polar surface area (TPSA) is 46.2 Å². The number of carbonyl (C=O) groups excluding carboxylic acids is 2. The molecule has 0 aliphatic rings. The highest BCUT2D eigenvalue weighted by atomic mass is 16.2. The van der Waals surface area contributed by atoms with Crippen LogP contribution in [-0.2, 0) is 9.59 Å². The number of carbonyl (C=O) groups is 2. The Balaban J connectivity index is 2.42. The van der Waals surface area contributed by atoms with Crippen LogP contribution in [-0.4, -0.2) is 11.7 Å². The van der Waals surface area contributed by atoms with E-state index in [2.05, 4.69) is 12.2 Å². The first-order chi connectivity index (χ1) is 8.65. The van der Waals surface area contributed by atoms with Crippen molar-refractivity contribution >= 4 is 11.7 Å². The average Bonchev–Trinajstić information content (AvgIpc) is 2.39. The molecular weight excluding hydrogens is 226 g/mol. The normalized spacial score (nSPS) is 11.9. The Morgan fingerprint density at radius 1 is 1.17 bits per heavy atom. The minimum atomic E-state index is -0.470. The fraction of sp³-hybridized carbons (Fsp3) is 0.467. The van der Waals surface area contributed by atoms with Crippen molar-refractivity contribution in [2.75, 3.05) is 0 Å². The highest BCUT2D eigenvalue weighted by Crippen LogP contribution is 2.11. The Kier molecular flexibility index (Phi) is 6.12. The van der Waals surface area contributed by atoms with E-state index in [1.165, 1.54) is 0 Å². The Morgan fingerprint density at radius 3 is 2.44 bits per heavy atom. The van der Waals surface area contributed by atoms with Crippen LogP contribution in [0.15, 0.2) is 30.3 Å². The van der Waals surface area contributed by atoms with Gasteiger partial charge in [0.1, 0.15) is 0 Å². The Morgan fingerprint density at radius 2 is 1.83 bits per heavy atom. The van der Waals surface area contributed by atoms with E-state index in [1.807, 2.05) is 37.3 Å². The third kappa shape index (κ3) is 4.70. The average molecular weight is 247 g/mol. The molecule has 1 aromatic rings. The van der Waals surface area contributed by atoms with Gasteiger partial charge in [-0.05, 0) is 18.9 Å². The number of unbranched alkanes of at least 4 members (excludes halogenated alkanes) is 2. The molecule has 0 radical (unpaired) electrons. The van der Waals surface area contributed by atoms with Gasteiger partial charge in [0, 0.05) is 6.42 Å². The number of hydrogen-bond donors (Lipinski definition) is 1. The van der Waals surface area contributed by atoms with Crippen molar-refractivity contribution in [3.63, 3.8) is 0 Å². The van der Waals surface area contributed by atoms with Gasteiger partial charge in [0.25, 0.3) is 5.91 Å². The zero-order chi connectivity index (χ0) is 13.4. The van der Waals surface area contributed by atoms with Gasteiger partial charge in [-0.2, -0.15) is 0 Å². The van der Waals surface area contributed by atoms with Gasteiger partial charge in [-0.3, -0.25) is 9.59 Å². The summed E-state index contributed by atoms with van der Waals surface area (Å²) >= 11 is 0. The van der Waals surface area contributed by atoms with Crippen LogP contribution in [0.4, 0.5) is 0 Å². The summed E-state index contributed by atoms with van der Waals surface area (Å²) in [5.74, 6) is -0.784. The number of benzene rings is 1. The maximum atomic E-state index is 11.7. The zero-order valence-corrected chi connectivity index (χ0v) is 11.1. The van der Waals surface area contributed by atoms with Crippen LogP contribution in [0, 0.1) is 0 Å². The number of hydrogen-bond acceptors (Lipinski definition) is 2. The Bertz CT molecular complexity index is 387. The number of rotatable bonds is 7. The summed E-state index contributed by atoms with van der Waals surface area (Å²) in [6.45, 7) is 3.95. The van der Waals surface area contributed by atoms with Gasteiger partial charge in [-0.25, -0.2) is 0 Å². The van der Waals surface area contributed by atoms with Crippen molar-refractivity contribution in [1.82, 2.24) is 5.32 Å². The molecule has 0 fully saturated rings. The standard InChI is InChI=1S/C15H21NO2/c1-3-4-6-11-14(17)15(18)16-12(2)13-9-7-5-8-10-13/h5,7-10,12H,3-4,6,11H2,1-2H3,(H,16,18)/t12-/m1/s1. The molecule has 0 aliphatic heterocycles. The minimum absolute atomic E-state index is 0.131. The van der Waals surface area contributed by atoms with E-state index in [-0.39, 0.29) is 11.8 Å². The van der Waals surface area contributed by atoms with Crippen molar-refractivity contribution in [1.29, 1.82) is 0 Å². The van der Waals surface area contributed by atoms with Gasteiger partial charge < -0.3 is 5.32 Å². The summed E-state index contributed by atoms with van der Waals surface area (Å²) in [6, 6.07) is 9.50. The lowest BCUT2D eigenvalue weighted by Crippen LogP contribution is -2.33. The Labute approximate surface area is 109 Å². The smallest absolute Gasteiger partial charge is 0.287 e. The summed E-state index contributed by atoms with van der Waals surface area (Å²) in [5.41, 5.74) is 1.01. The number of Topliss-reactive ketones (excluding diaryl/α,β-unsaturated/α-hetero) is 1. The van der Waals surface area contributed by atoms with Crippen molar-refractivity contribution in [3.8, 4) is 0 Å². The molecule has 1 rings (SSSR count). The molecule has 0 aromatic heterocycles. The van der Waals surface area contributed by atoms with Crippen molar-refractivity contribution < 1.29 is 9.59 Å². The monoisotopic (exact) mass is 247 g/mol. The summed E-state index contributed by atoms with van der Waals surface area (Å²) in [4.78, 5) is 23.2. The first-order valence-corrected chi connectivity index (χ1v) is 6.53. The maximum Gasteiger partial charge on any atom is 0.287 e. The molecule has 0 unspecified atom stereocenters. The first-order valence-electron chi connectivity index (χ1n) is 6.53. The van der Waals surface area contributed by atoms with E-state index in [1.54, 1.807) is 0 Å². The summed E-state index contributed by atoms with van der Waals surface area (Å²) < 4.78 is 0. The number of nitrogens with one attached hydrogen (secondary N) is 1. The van der Waals surface area contributed by atoms with Gasteiger partial charge in [-0.15, -0.1) is 0 Å². The molecule has 0 bridgehead atoms. The molecule has 1 atom stereocenters. The molecule has 3 heteroatoms. The second-order valence-corrected chi connectivity index (χ2v) is 4.49. The lowest BCUT2D eigenvalue weighted by Gasteiger charge is -2.13. The lowest BCUT2D eigenvalue weighted by molar-refractivity contribution is -0.138. The van der Waals surface area contributed by atoms with Crippen LogP contribution in [0.2, 0.25) is 0 Å². The molecule has 18 heavy (non-hydrogen) atoms. The quantitative estimate of drug-likeness (QED) is 0.594. The zero-order valence-electron chi connectivity index (χ0n) is 11.1. The Hall–Kier alpha value is -1.64. The first kappa shape index (κ1) is 14.4. The summed E-state index contributed by atoms with van der Waals surface area (Å²) in [6.07, 6.45) is 3.19. The van der Waals surface area contributed by atoms with E-state index in [4.69, 9.17) is 0 Å². The largest absolute Gasteiger partial charge is 0.343 e. The van der Waals surface area contributed by atoms with Crippen molar-refractivity contribution in [3.05, 3.63) is 35.9 Å². The predicted molar refractivity (Wildman–Crippen MR) is 72.1 cm³/mol. The fourth-order valence-electron chi connectivity index (χ4n) is 1.75. The third-order valence-corrected chi connectivity index (χ3v) is 2.91. The summed E-state index contributed by atoms with van der Waals surface area (Å²) in [5, 5.41) is 2.73. The molecule has 1 aromatic carbocycles. The van der Waals surface area contributed by atoms with Crippen molar-refractivity contribution in [2.45, 2.75) is 45.6 Å². The molecule has 0 spiro atoms. The molecule has 0 saturated heterocycles. The van der Waals surface area contributed by atoms with E-state index >= 15 is 0 Å². The van der Waals surface area contributed by atoms with Crippen LogP contribution in [0.3, 0.4) is 0 Å². The predicted octanol–water partition coefficient (Wildman–Crippen LogP) is 3.01. The van der Waals surface area contributed by atoms with E-state index < -0.39 is 5.91 Å². The molecule has 0 saturated carbocycles. The molecule has 1 amide bonds. The van der Waals surface area contributed by atoms with E-state index in [9.17, 15) is 9.59 Å². The van der Waals surface area contributed by atoms with Crippen LogP contribution < -0.4 is 5.32 Å². The highest BCUT2D eigenvalue weighted by Gasteiger charge is 2.16. The molecule has 98 valence electrons. The van der Waals surface area contributed by atoms with E-state index in [0.717, 1.165) is 24.8 Å². The molecule has 1 N–H and O–H groups in total. The number of ketones is 1. The second kappa shape index (κ2) is 7.64. The maximum absolute atomic E-state index is 11.7. The second-order valence-electron chi connectivity index (χ2n) is 4.49. The molecule has 0 aliphatic carbocycles. The van der Waals surface area contributed by atoms with E-state index in [0.29, 0.717) is 6.42 Å². The van der Waals surface area contributed by atoms with Gasteiger partial charge in [-0.1, -0.05) is 50.1 Å². The fourth-order valence-corrected chi connectivity index (χ4v) is 1.75. The van der Waals surface area contributed by atoms with Crippen LogP contribution in [0.25, 0.3) is 0 Å². The minimum Gasteiger partial charge on any atom is -0.343 e. The van der Waals surface area contributed by atoms with Crippen LogP contribution in [0.5, 0.6) is 0 Å². The van der Waals surface area contributed by atoms with Crippen LogP contribution >= 0.6 is 0 Å². The SMILES string of the molecule is CCCCCC(=O)C(=O)N[C@H](C)c1ccccc1. The van der Waals surface area contributed by atoms with Gasteiger partial charge >= 0.3 is 0 Å². The van der Waals surface area contributed by atoms with Gasteiger partial charge in [0.2, 0.25) is 5.78 Å². The van der Waals surface area contributed by atoms with Gasteiger partial charge in [0.05, 0.1) is 6.04 Å². The lowest BCUT2D eigenvalue weighted by atomic mass is 10.1. The third-order valence-electron chi connectivity index (χ3n) is 2.91. The van der Waals surface area contributed by atoms with Crippen molar-refractivity contribution in [2.24, 2.45) is 0 Å². The highest BCUT2D eigenvalue weighted by molar-refractivity contribution is 6.36. The van der Waals surface area contributed by atoms with Gasteiger partial charge in [0.15, 0.2) is 0 Å². The molecule has 3 nitrogen and oxygen atoms in total. The molecular formula is C15H21NO2. The number of amides is 1. The molecule has 0 heterocycles. The van der Waals surface area contributed by atoms with Crippen LogP contribution in [0.1, 0.15) is 51.1 Å². The summed E-state index contributed by atoms with van der Waals surface area (Å²) in [7, 11) is 0.